The SMILES string of the molecule is CC.CC(=O)O.CC(C)C1CCC2=C(CCCC3C2CCC[C@@H]3C)C1. The van der Waals surface area contributed by atoms with Crippen LogP contribution in [0.15, 0.2) is 11.1 Å². The Kier molecular flexibility index (Phi) is 9.82. The van der Waals surface area contributed by atoms with Crippen molar-refractivity contribution in [2.45, 2.75) is 99.3 Å². The first kappa shape index (κ1) is 22.3. The number of fused-ring (bicyclic) bond motifs is 2. The lowest BCUT2D eigenvalue weighted by molar-refractivity contribution is -0.134. The zero-order valence-electron chi connectivity index (χ0n) is 17.6. The van der Waals surface area contributed by atoms with Gasteiger partial charge in [0.2, 0.25) is 0 Å². The normalized spacial score (nSPS) is 31.5. The maximum Gasteiger partial charge on any atom is 0.300 e. The van der Waals surface area contributed by atoms with Crippen molar-refractivity contribution in [1.29, 1.82) is 0 Å². The molecule has 0 bridgehead atoms. The van der Waals surface area contributed by atoms with Crippen LogP contribution in [0.5, 0.6) is 0 Å². The molecule has 0 saturated heterocycles. The van der Waals surface area contributed by atoms with Crippen LogP contribution in [0.2, 0.25) is 0 Å². The highest BCUT2D eigenvalue weighted by Gasteiger charge is 2.37. The molecule has 1 fully saturated rings. The molecule has 0 spiro atoms. The second-order valence-electron chi connectivity index (χ2n) is 8.47. The van der Waals surface area contributed by atoms with Crippen LogP contribution < -0.4 is 0 Å². The molecule has 3 unspecified atom stereocenters. The first-order chi connectivity index (χ1) is 11.9. The molecule has 2 heteroatoms. The quantitative estimate of drug-likeness (QED) is 0.512. The van der Waals surface area contributed by atoms with Gasteiger partial charge in [-0.15, -0.1) is 0 Å². The van der Waals surface area contributed by atoms with Crippen LogP contribution in [0, 0.1) is 29.6 Å². The smallest absolute Gasteiger partial charge is 0.300 e. The highest BCUT2D eigenvalue weighted by Crippen LogP contribution is 2.50. The minimum absolute atomic E-state index is 0.833. The van der Waals surface area contributed by atoms with E-state index in [9.17, 15) is 0 Å². The Morgan fingerprint density at radius 2 is 1.68 bits per heavy atom. The number of aliphatic carboxylic acids is 1. The molecular weight excluding hydrogens is 308 g/mol. The van der Waals surface area contributed by atoms with Crippen LogP contribution >= 0.6 is 0 Å². The molecule has 0 aromatic rings. The van der Waals surface area contributed by atoms with Gasteiger partial charge in [-0.2, -0.15) is 0 Å². The maximum absolute atomic E-state index is 9.00. The average molecular weight is 351 g/mol. The number of hydrogen-bond donors (Lipinski definition) is 1. The topological polar surface area (TPSA) is 37.3 Å². The van der Waals surface area contributed by atoms with Crippen molar-refractivity contribution < 1.29 is 9.90 Å². The van der Waals surface area contributed by atoms with Crippen molar-refractivity contribution in [2.24, 2.45) is 29.6 Å². The van der Waals surface area contributed by atoms with Gasteiger partial charge in [-0.3, -0.25) is 4.79 Å². The third kappa shape index (κ3) is 6.46. The highest BCUT2D eigenvalue weighted by atomic mass is 16.4. The molecule has 0 heterocycles. The highest BCUT2D eigenvalue weighted by molar-refractivity contribution is 5.62. The molecule has 0 aliphatic heterocycles. The van der Waals surface area contributed by atoms with E-state index in [4.69, 9.17) is 9.90 Å². The first-order valence-electron chi connectivity index (χ1n) is 10.8. The van der Waals surface area contributed by atoms with Crippen molar-refractivity contribution in [3.8, 4) is 0 Å². The molecule has 3 aliphatic carbocycles. The molecule has 2 nitrogen and oxygen atoms in total. The Bertz CT molecular complexity index is 431. The number of rotatable bonds is 1. The molecule has 0 aromatic carbocycles. The van der Waals surface area contributed by atoms with Crippen LogP contribution in [-0.4, -0.2) is 11.1 Å². The molecular formula is C23H42O2. The minimum atomic E-state index is -0.833. The van der Waals surface area contributed by atoms with Crippen molar-refractivity contribution in [3.63, 3.8) is 0 Å². The summed E-state index contributed by atoms with van der Waals surface area (Å²) in [5.74, 6) is 4.06. The van der Waals surface area contributed by atoms with Crippen LogP contribution in [0.3, 0.4) is 0 Å². The Hall–Kier alpha value is -0.790. The molecule has 146 valence electrons. The van der Waals surface area contributed by atoms with E-state index in [0.29, 0.717) is 0 Å². The van der Waals surface area contributed by atoms with Gasteiger partial charge in [0.05, 0.1) is 0 Å². The van der Waals surface area contributed by atoms with E-state index in [1.54, 1.807) is 0 Å². The second-order valence-corrected chi connectivity index (χ2v) is 8.47. The largest absolute Gasteiger partial charge is 0.481 e. The molecule has 3 rings (SSSR count). The number of allylic oxidation sites excluding steroid dienone is 2. The number of carbonyl (C=O) groups is 1. The summed E-state index contributed by atoms with van der Waals surface area (Å²) >= 11 is 0. The minimum Gasteiger partial charge on any atom is -0.481 e. The summed E-state index contributed by atoms with van der Waals surface area (Å²) < 4.78 is 0. The van der Waals surface area contributed by atoms with E-state index in [1.165, 1.54) is 57.8 Å². The van der Waals surface area contributed by atoms with Crippen LogP contribution in [0.4, 0.5) is 0 Å². The summed E-state index contributed by atoms with van der Waals surface area (Å²) in [6.45, 7) is 12.5. The summed E-state index contributed by atoms with van der Waals surface area (Å²) in [6, 6.07) is 0. The van der Waals surface area contributed by atoms with Gasteiger partial charge in [0.25, 0.3) is 5.97 Å². The van der Waals surface area contributed by atoms with Gasteiger partial charge in [-0.25, -0.2) is 0 Å². The summed E-state index contributed by atoms with van der Waals surface area (Å²) in [5.41, 5.74) is 3.89. The molecule has 1 saturated carbocycles. The average Bonchev–Trinajstić information content (AvgIpc) is 2.76. The molecule has 4 atom stereocenters. The molecule has 0 aromatic heterocycles. The predicted molar refractivity (Wildman–Crippen MR) is 108 cm³/mol. The van der Waals surface area contributed by atoms with Gasteiger partial charge < -0.3 is 5.11 Å². The zero-order chi connectivity index (χ0) is 19.0. The van der Waals surface area contributed by atoms with E-state index < -0.39 is 5.97 Å². The molecule has 1 N–H and O–H groups in total. The number of carboxylic acid groups (broad SMARTS) is 1. The van der Waals surface area contributed by atoms with Crippen LogP contribution in [0.25, 0.3) is 0 Å². The first-order valence-corrected chi connectivity index (χ1v) is 10.8. The Morgan fingerprint density at radius 1 is 1.04 bits per heavy atom. The van der Waals surface area contributed by atoms with Gasteiger partial charge in [-0.05, 0) is 74.5 Å². The third-order valence-electron chi connectivity index (χ3n) is 6.58. The van der Waals surface area contributed by atoms with Gasteiger partial charge in [0.15, 0.2) is 0 Å². The zero-order valence-corrected chi connectivity index (χ0v) is 17.6. The van der Waals surface area contributed by atoms with Gasteiger partial charge in [-0.1, -0.05) is 58.6 Å². The van der Waals surface area contributed by atoms with Crippen molar-refractivity contribution in [3.05, 3.63) is 11.1 Å². The van der Waals surface area contributed by atoms with Crippen LogP contribution in [-0.2, 0) is 4.79 Å². The summed E-state index contributed by atoms with van der Waals surface area (Å²) in [5, 5.41) is 7.42. The third-order valence-corrected chi connectivity index (χ3v) is 6.58. The molecule has 0 amide bonds. The van der Waals surface area contributed by atoms with Crippen molar-refractivity contribution in [2.75, 3.05) is 0 Å². The van der Waals surface area contributed by atoms with Gasteiger partial charge in [0.1, 0.15) is 0 Å². The fourth-order valence-electron chi connectivity index (χ4n) is 5.30. The van der Waals surface area contributed by atoms with E-state index >= 15 is 0 Å². The van der Waals surface area contributed by atoms with Crippen LogP contribution in [0.1, 0.15) is 99.3 Å². The predicted octanol–water partition coefficient (Wildman–Crippen LogP) is 7.09. The number of carboxylic acids is 1. The Morgan fingerprint density at radius 3 is 2.28 bits per heavy atom. The standard InChI is InChI=1S/C19H32.C2H4O2.C2H6/c1-13(2)15-10-11-18-16(12-15)7-5-8-17-14(3)6-4-9-19(17)18;1-2(3)4;1-2/h13-15,17,19H,4-12H2,1-3H3;1H3,(H,3,4);1-2H3/t14-,15?,17?,19?;;/m0../s1. The maximum atomic E-state index is 9.00. The lowest BCUT2D eigenvalue weighted by atomic mass is 9.66. The number of hydrogen-bond acceptors (Lipinski definition) is 1. The second kappa shape index (κ2) is 11.0. The van der Waals surface area contributed by atoms with E-state index in [-0.39, 0.29) is 0 Å². The summed E-state index contributed by atoms with van der Waals surface area (Å²) in [6.07, 6.45) is 13.3. The van der Waals surface area contributed by atoms with E-state index in [2.05, 4.69) is 20.8 Å². The fourth-order valence-corrected chi connectivity index (χ4v) is 5.30. The Labute approximate surface area is 156 Å². The summed E-state index contributed by atoms with van der Waals surface area (Å²) in [7, 11) is 0. The van der Waals surface area contributed by atoms with Crippen molar-refractivity contribution in [1.82, 2.24) is 0 Å². The Balaban J connectivity index is 0.000000461. The van der Waals surface area contributed by atoms with Crippen molar-refractivity contribution >= 4 is 5.97 Å². The summed E-state index contributed by atoms with van der Waals surface area (Å²) in [4.78, 5) is 9.00. The molecule has 3 aliphatic rings. The van der Waals surface area contributed by atoms with Gasteiger partial charge in [0, 0.05) is 6.92 Å². The van der Waals surface area contributed by atoms with E-state index in [0.717, 1.165) is 36.5 Å². The fraction of sp³-hybridized carbons (Fsp3) is 0.870. The lowest BCUT2D eigenvalue weighted by Gasteiger charge is -2.40. The lowest BCUT2D eigenvalue weighted by Crippen LogP contribution is -2.29. The van der Waals surface area contributed by atoms with Gasteiger partial charge >= 0.3 is 0 Å². The molecule has 25 heavy (non-hydrogen) atoms. The molecule has 0 radical (unpaired) electrons. The monoisotopic (exact) mass is 350 g/mol. The van der Waals surface area contributed by atoms with E-state index in [1.807, 2.05) is 25.0 Å².